The minimum absolute atomic E-state index is 0.0795. The van der Waals surface area contributed by atoms with E-state index in [4.69, 9.17) is 4.74 Å². The van der Waals surface area contributed by atoms with Crippen molar-refractivity contribution in [3.05, 3.63) is 113 Å². The van der Waals surface area contributed by atoms with Crippen LogP contribution >= 0.6 is 11.3 Å². The van der Waals surface area contributed by atoms with Crippen molar-refractivity contribution in [2.75, 3.05) is 27.2 Å². The second-order valence-electron chi connectivity index (χ2n) is 11.4. The van der Waals surface area contributed by atoms with Gasteiger partial charge in [0.1, 0.15) is 5.75 Å². The van der Waals surface area contributed by atoms with E-state index in [1.165, 1.54) is 30.6 Å². The molecule has 9 nitrogen and oxygen atoms in total. The summed E-state index contributed by atoms with van der Waals surface area (Å²) in [5.74, 6) is -1.05. The maximum atomic E-state index is 13.6. The molecule has 2 heterocycles. The van der Waals surface area contributed by atoms with E-state index in [-0.39, 0.29) is 23.3 Å². The van der Waals surface area contributed by atoms with Gasteiger partial charge in [-0.25, -0.2) is 0 Å². The molecule has 1 saturated heterocycles. The molecule has 3 amide bonds. The van der Waals surface area contributed by atoms with Gasteiger partial charge in [-0.15, -0.1) is 11.3 Å². The number of likely N-dealkylation sites (tertiary alicyclic amines) is 1. The fourth-order valence-corrected chi connectivity index (χ4v) is 7.12. The highest BCUT2D eigenvalue weighted by Gasteiger charge is 2.23. The fourth-order valence-electron chi connectivity index (χ4n) is 5.82. The van der Waals surface area contributed by atoms with E-state index < -0.39 is 11.8 Å². The van der Waals surface area contributed by atoms with Crippen LogP contribution in [0.3, 0.4) is 0 Å². The summed E-state index contributed by atoms with van der Waals surface area (Å²) in [5.41, 5.74) is 9.18. The van der Waals surface area contributed by atoms with E-state index in [1.54, 1.807) is 24.3 Å². The molecule has 0 bridgehead atoms. The first-order valence-corrected chi connectivity index (χ1v) is 16.1. The molecule has 1 aromatic heterocycles. The summed E-state index contributed by atoms with van der Waals surface area (Å²) in [6, 6.07) is 29.6. The molecule has 47 heavy (non-hydrogen) atoms. The van der Waals surface area contributed by atoms with E-state index in [0.29, 0.717) is 22.3 Å². The Balaban J connectivity index is 1.22. The molecule has 5 aromatic rings. The molecular formula is C37H33N5O4S. The zero-order valence-electron chi connectivity index (χ0n) is 26.0. The number of hydrogen-bond donors (Lipinski definition) is 3. The Morgan fingerprint density at radius 3 is 2.32 bits per heavy atom. The summed E-state index contributed by atoms with van der Waals surface area (Å²) in [6.45, 7) is 1.83. The number of rotatable bonds is 7. The van der Waals surface area contributed by atoms with Crippen molar-refractivity contribution in [3.8, 4) is 33.4 Å². The summed E-state index contributed by atoms with van der Waals surface area (Å²) < 4.78 is 6.39. The van der Waals surface area contributed by atoms with Gasteiger partial charge in [0.2, 0.25) is 0 Å². The number of carbonyl (C=O) groups is 3. The monoisotopic (exact) mass is 643 g/mol. The van der Waals surface area contributed by atoms with Gasteiger partial charge in [0, 0.05) is 43.3 Å². The van der Waals surface area contributed by atoms with Crippen molar-refractivity contribution in [1.29, 1.82) is 5.26 Å². The van der Waals surface area contributed by atoms with Crippen LogP contribution in [0, 0.1) is 11.3 Å². The Hall–Kier alpha value is -5.50. The lowest BCUT2D eigenvalue weighted by molar-refractivity contribution is 0.0846. The maximum absolute atomic E-state index is 13.6. The second-order valence-corrected chi connectivity index (χ2v) is 12.5. The number of nitriles is 1. The molecule has 0 spiro atoms. The van der Waals surface area contributed by atoms with Gasteiger partial charge in [0.05, 0.1) is 24.3 Å². The Bertz CT molecular complexity index is 2010. The SMILES string of the molecule is COc1cc(C(=O)NNC(=O)c2ccccc2-c2sc3cc(C#N)ccc3c2-c2ccccc2)ccc1C(=O)NC1CCN(C)CC1. The summed E-state index contributed by atoms with van der Waals surface area (Å²) >= 11 is 1.51. The molecule has 236 valence electrons. The second kappa shape index (κ2) is 13.9. The number of hydrogen-bond acceptors (Lipinski definition) is 7. The van der Waals surface area contributed by atoms with Crippen LogP contribution in [0.1, 0.15) is 49.5 Å². The molecule has 1 aliphatic heterocycles. The van der Waals surface area contributed by atoms with Gasteiger partial charge in [-0.05, 0) is 74.9 Å². The molecule has 3 N–H and O–H groups in total. The number of fused-ring (bicyclic) bond motifs is 1. The standard InChI is InChI=1S/C37H33N5O4S/c1-42-18-16-26(17-19-42)39-36(44)29-15-13-25(21-31(29)46-2)35(43)40-41-37(45)28-11-7-6-10-27(28)34-33(24-8-4-3-5-9-24)30-14-12-23(22-38)20-32(30)47-34/h3-15,20-21,26H,16-19H2,1-2H3,(H,39,44)(H,40,43)(H,41,45). The Morgan fingerprint density at radius 2 is 1.57 bits per heavy atom. The van der Waals surface area contributed by atoms with E-state index in [9.17, 15) is 19.6 Å². The number of methoxy groups -OCH3 is 1. The topological polar surface area (TPSA) is 124 Å². The minimum atomic E-state index is -0.563. The molecular weight excluding hydrogens is 611 g/mol. The summed E-state index contributed by atoms with van der Waals surface area (Å²) in [6.07, 6.45) is 1.74. The summed E-state index contributed by atoms with van der Waals surface area (Å²) in [7, 11) is 3.51. The van der Waals surface area contributed by atoms with Gasteiger partial charge in [-0.1, -0.05) is 54.6 Å². The number of nitrogens with zero attached hydrogens (tertiary/aromatic N) is 2. The minimum Gasteiger partial charge on any atom is -0.496 e. The van der Waals surface area contributed by atoms with Gasteiger partial charge in [0.15, 0.2) is 0 Å². The lowest BCUT2D eigenvalue weighted by Gasteiger charge is -2.29. The number of piperidine rings is 1. The zero-order chi connectivity index (χ0) is 32.9. The number of carbonyl (C=O) groups excluding carboxylic acids is 3. The molecule has 10 heteroatoms. The molecule has 1 fully saturated rings. The predicted molar refractivity (Wildman–Crippen MR) is 183 cm³/mol. The van der Waals surface area contributed by atoms with E-state index >= 15 is 0 Å². The average Bonchev–Trinajstić information content (AvgIpc) is 3.50. The first kappa shape index (κ1) is 31.5. The van der Waals surface area contributed by atoms with Crippen molar-refractivity contribution < 1.29 is 19.1 Å². The van der Waals surface area contributed by atoms with Crippen LogP contribution in [0.4, 0.5) is 0 Å². The normalized spacial score (nSPS) is 13.5. The molecule has 4 aromatic carbocycles. The van der Waals surface area contributed by atoms with Crippen LogP contribution in [0.25, 0.3) is 31.7 Å². The van der Waals surface area contributed by atoms with Gasteiger partial charge in [-0.2, -0.15) is 5.26 Å². The Kier molecular flexibility index (Phi) is 9.29. The van der Waals surface area contributed by atoms with Crippen LogP contribution in [0.5, 0.6) is 5.75 Å². The zero-order valence-corrected chi connectivity index (χ0v) is 26.8. The highest BCUT2D eigenvalue weighted by atomic mass is 32.1. The first-order valence-electron chi connectivity index (χ1n) is 15.3. The van der Waals surface area contributed by atoms with E-state index in [2.05, 4.69) is 34.2 Å². The number of hydrazine groups is 1. The first-order chi connectivity index (χ1) is 22.9. The molecule has 6 rings (SSSR count). The van der Waals surface area contributed by atoms with Crippen molar-refractivity contribution in [1.82, 2.24) is 21.1 Å². The molecule has 1 aliphatic rings. The number of benzene rings is 4. The Labute approximate surface area is 276 Å². The number of thiophene rings is 1. The lowest BCUT2D eigenvalue weighted by atomic mass is 9.96. The average molecular weight is 644 g/mol. The predicted octanol–water partition coefficient (Wildman–Crippen LogP) is 6.01. The van der Waals surface area contributed by atoms with Gasteiger partial charge in [0.25, 0.3) is 17.7 Å². The summed E-state index contributed by atoms with van der Waals surface area (Å²) in [4.78, 5) is 42.8. The third kappa shape index (κ3) is 6.72. The number of amides is 3. The van der Waals surface area contributed by atoms with Gasteiger partial charge < -0.3 is 15.0 Å². The van der Waals surface area contributed by atoms with E-state index in [0.717, 1.165) is 52.0 Å². The summed E-state index contributed by atoms with van der Waals surface area (Å²) in [5, 5.41) is 13.5. The molecule has 0 radical (unpaired) electrons. The van der Waals surface area contributed by atoms with Crippen LogP contribution in [-0.4, -0.2) is 55.9 Å². The smallest absolute Gasteiger partial charge is 0.270 e. The highest BCUT2D eigenvalue weighted by molar-refractivity contribution is 7.23. The number of nitrogens with one attached hydrogen (secondary N) is 3. The maximum Gasteiger partial charge on any atom is 0.270 e. The fraction of sp³-hybridized carbons (Fsp3) is 0.189. The van der Waals surface area contributed by atoms with Crippen molar-refractivity contribution in [2.24, 2.45) is 0 Å². The quantitative estimate of drug-likeness (QED) is 0.187. The van der Waals surface area contributed by atoms with E-state index in [1.807, 2.05) is 54.6 Å². The van der Waals surface area contributed by atoms with Gasteiger partial charge in [-0.3, -0.25) is 25.2 Å². The molecule has 0 atom stereocenters. The molecule has 0 unspecified atom stereocenters. The number of ether oxygens (including phenoxy) is 1. The molecule has 0 saturated carbocycles. The van der Waals surface area contributed by atoms with Crippen molar-refractivity contribution >= 4 is 39.1 Å². The third-order valence-corrected chi connectivity index (χ3v) is 9.54. The Morgan fingerprint density at radius 1 is 0.851 bits per heavy atom. The van der Waals surface area contributed by atoms with Crippen molar-refractivity contribution in [2.45, 2.75) is 18.9 Å². The largest absolute Gasteiger partial charge is 0.496 e. The van der Waals surface area contributed by atoms with Crippen LogP contribution in [0.2, 0.25) is 0 Å². The molecule has 0 aliphatic carbocycles. The highest BCUT2D eigenvalue weighted by Crippen LogP contribution is 2.46. The lowest BCUT2D eigenvalue weighted by Crippen LogP contribution is -2.43. The van der Waals surface area contributed by atoms with Gasteiger partial charge >= 0.3 is 0 Å². The van der Waals surface area contributed by atoms with Crippen LogP contribution in [0.15, 0.2) is 91.0 Å². The van der Waals surface area contributed by atoms with Crippen LogP contribution < -0.4 is 20.9 Å². The third-order valence-electron chi connectivity index (χ3n) is 8.35. The van der Waals surface area contributed by atoms with Crippen LogP contribution in [-0.2, 0) is 0 Å². The van der Waals surface area contributed by atoms with Crippen molar-refractivity contribution in [3.63, 3.8) is 0 Å².